The van der Waals surface area contributed by atoms with Gasteiger partial charge in [0.25, 0.3) is 0 Å². The summed E-state index contributed by atoms with van der Waals surface area (Å²) in [5.74, 6) is 0. The van der Waals surface area contributed by atoms with E-state index >= 15 is 0 Å². The van der Waals surface area contributed by atoms with E-state index < -0.39 is 0 Å². The normalized spacial score (nSPS) is 12.2. The molecule has 8 rings (SSSR count). The molecule has 0 bridgehead atoms. The van der Waals surface area contributed by atoms with Gasteiger partial charge in [0.1, 0.15) is 0 Å². The van der Waals surface area contributed by atoms with Crippen LogP contribution in [0, 0.1) is 0 Å². The Morgan fingerprint density at radius 3 is 0.960 bits per heavy atom. The van der Waals surface area contributed by atoms with Gasteiger partial charge in [0.2, 0.25) is 0 Å². The molecule has 0 N–H and O–H groups in total. The van der Waals surface area contributed by atoms with Crippen LogP contribution in [-0.2, 0) is 10.8 Å². The van der Waals surface area contributed by atoms with Crippen molar-refractivity contribution in [3.8, 4) is 44.5 Å². The van der Waals surface area contributed by atoms with Gasteiger partial charge in [0, 0.05) is 0 Å². The van der Waals surface area contributed by atoms with Crippen LogP contribution in [0.5, 0.6) is 0 Å². The minimum absolute atomic E-state index is 0.123. The summed E-state index contributed by atoms with van der Waals surface area (Å²) in [5.41, 5.74) is 12.9. The number of fused-ring (bicyclic) bond motifs is 3. The van der Waals surface area contributed by atoms with Crippen molar-refractivity contribution in [2.75, 3.05) is 0 Å². The molecule has 8 aromatic rings. The van der Waals surface area contributed by atoms with E-state index in [0.717, 1.165) is 0 Å². The van der Waals surface area contributed by atoms with Crippen molar-refractivity contribution in [2.45, 2.75) is 52.4 Å². The van der Waals surface area contributed by atoms with E-state index in [2.05, 4.69) is 199 Å². The van der Waals surface area contributed by atoms with Crippen molar-refractivity contribution in [2.24, 2.45) is 0 Å². The monoisotopic (exact) mass is 644 g/mol. The Balaban J connectivity index is 1.41. The number of rotatable bonds is 4. The predicted molar refractivity (Wildman–Crippen MR) is 218 cm³/mol. The Morgan fingerprint density at radius 2 is 0.620 bits per heavy atom. The average Bonchev–Trinajstić information content (AvgIpc) is 3.12. The SMILES string of the molecule is CC(C)(C)c1ccc(-c2ccc3cc4c(-c5ccccc5)c5cc(-c6ccc(C(C)(C)C)cc6)ccc5cc4c(-c4ccccc4)c3c2)cc1. The highest BCUT2D eigenvalue weighted by molar-refractivity contribution is 6.22. The van der Waals surface area contributed by atoms with Gasteiger partial charge in [0.15, 0.2) is 0 Å². The molecule has 8 aromatic carbocycles. The smallest absolute Gasteiger partial charge is 0.00262 e. The van der Waals surface area contributed by atoms with Gasteiger partial charge < -0.3 is 0 Å². The van der Waals surface area contributed by atoms with E-state index in [1.165, 1.54) is 88.0 Å². The molecule has 0 aliphatic rings. The Labute approximate surface area is 297 Å². The first-order valence-electron chi connectivity index (χ1n) is 17.8. The second-order valence-electron chi connectivity index (χ2n) is 15.9. The molecule has 0 nitrogen and oxygen atoms in total. The predicted octanol–water partition coefficient (Wildman–Crippen LogP) is 14.4. The lowest BCUT2D eigenvalue weighted by Crippen LogP contribution is -2.10. The third-order valence-corrected chi connectivity index (χ3v) is 10.4. The Morgan fingerprint density at radius 1 is 0.280 bits per heavy atom. The summed E-state index contributed by atoms with van der Waals surface area (Å²) < 4.78 is 0. The lowest BCUT2D eigenvalue weighted by molar-refractivity contribution is 0.590. The summed E-state index contributed by atoms with van der Waals surface area (Å²) in [6.07, 6.45) is 0. The Bertz CT molecular complexity index is 2310. The van der Waals surface area contributed by atoms with Crippen molar-refractivity contribution < 1.29 is 0 Å². The summed E-state index contributed by atoms with van der Waals surface area (Å²) in [7, 11) is 0. The van der Waals surface area contributed by atoms with E-state index in [-0.39, 0.29) is 10.8 Å². The van der Waals surface area contributed by atoms with Gasteiger partial charge in [-0.2, -0.15) is 0 Å². The zero-order valence-electron chi connectivity index (χ0n) is 30.0. The van der Waals surface area contributed by atoms with E-state index in [9.17, 15) is 0 Å². The maximum Gasteiger partial charge on any atom is -0.00262 e. The molecule has 0 radical (unpaired) electrons. The van der Waals surface area contributed by atoms with Crippen LogP contribution in [0.1, 0.15) is 52.7 Å². The van der Waals surface area contributed by atoms with Gasteiger partial charge in [-0.15, -0.1) is 0 Å². The molecule has 0 aliphatic carbocycles. The first kappa shape index (κ1) is 31.8. The number of hydrogen-bond donors (Lipinski definition) is 0. The van der Waals surface area contributed by atoms with Crippen LogP contribution < -0.4 is 0 Å². The molecule has 0 aliphatic heterocycles. The highest BCUT2D eigenvalue weighted by atomic mass is 14.2. The Hall–Kier alpha value is -5.46. The fourth-order valence-corrected chi connectivity index (χ4v) is 7.48. The minimum Gasteiger partial charge on any atom is -0.0622 e. The molecule has 0 amide bonds. The molecule has 0 heteroatoms. The first-order valence-corrected chi connectivity index (χ1v) is 17.8. The Kier molecular flexibility index (Phi) is 7.72. The summed E-state index contributed by atoms with van der Waals surface area (Å²) in [6.45, 7) is 13.6. The van der Waals surface area contributed by atoms with Crippen molar-refractivity contribution in [1.82, 2.24) is 0 Å². The van der Waals surface area contributed by atoms with Gasteiger partial charge in [-0.25, -0.2) is 0 Å². The van der Waals surface area contributed by atoms with Crippen LogP contribution in [0.2, 0.25) is 0 Å². The summed E-state index contributed by atoms with van der Waals surface area (Å²) in [6, 6.07) is 59.0. The van der Waals surface area contributed by atoms with Crippen molar-refractivity contribution in [1.29, 1.82) is 0 Å². The standard InChI is InChI=1S/C50H44/c1-49(2,3)41-25-21-33(22-26-41)37-17-19-39-31-46-45(47(43(39)29-37)35-13-9-7-10-14-35)32-40-20-18-38(34-23-27-42(28-24-34)50(4,5)6)30-44(40)48(46)36-15-11-8-12-16-36/h7-32H,1-6H3. The van der Waals surface area contributed by atoms with Crippen molar-refractivity contribution in [3.05, 3.63) is 169 Å². The van der Waals surface area contributed by atoms with Gasteiger partial charge in [0.05, 0.1) is 0 Å². The molecular formula is C50H44. The zero-order valence-corrected chi connectivity index (χ0v) is 30.0. The molecule has 0 saturated heterocycles. The summed E-state index contributed by atoms with van der Waals surface area (Å²) >= 11 is 0. The molecule has 244 valence electrons. The molecule has 0 heterocycles. The topological polar surface area (TPSA) is 0 Å². The van der Waals surface area contributed by atoms with E-state index in [0.29, 0.717) is 0 Å². The summed E-state index contributed by atoms with van der Waals surface area (Å²) in [4.78, 5) is 0. The molecule has 0 saturated carbocycles. The molecular weight excluding hydrogens is 601 g/mol. The molecule has 0 spiro atoms. The van der Waals surface area contributed by atoms with Crippen LogP contribution in [0.3, 0.4) is 0 Å². The number of hydrogen-bond acceptors (Lipinski definition) is 0. The van der Waals surface area contributed by atoms with E-state index in [1.54, 1.807) is 0 Å². The van der Waals surface area contributed by atoms with Crippen LogP contribution in [0.25, 0.3) is 76.8 Å². The fourth-order valence-electron chi connectivity index (χ4n) is 7.48. The fraction of sp³-hybridized carbons (Fsp3) is 0.160. The third kappa shape index (κ3) is 5.80. The molecule has 0 atom stereocenters. The van der Waals surface area contributed by atoms with E-state index in [1.807, 2.05) is 0 Å². The lowest BCUT2D eigenvalue weighted by atomic mass is 9.84. The average molecular weight is 645 g/mol. The highest BCUT2D eigenvalue weighted by Gasteiger charge is 2.19. The molecule has 0 unspecified atom stereocenters. The zero-order chi connectivity index (χ0) is 34.6. The van der Waals surface area contributed by atoms with E-state index in [4.69, 9.17) is 0 Å². The number of benzene rings is 8. The first-order chi connectivity index (χ1) is 24.0. The quantitative estimate of drug-likeness (QED) is 0.167. The van der Waals surface area contributed by atoms with Crippen molar-refractivity contribution >= 4 is 32.3 Å². The van der Waals surface area contributed by atoms with Crippen LogP contribution in [0.15, 0.2) is 158 Å². The highest BCUT2D eigenvalue weighted by Crippen LogP contribution is 2.45. The second kappa shape index (κ2) is 12.1. The third-order valence-electron chi connectivity index (χ3n) is 10.4. The van der Waals surface area contributed by atoms with Crippen molar-refractivity contribution in [3.63, 3.8) is 0 Å². The lowest BCUT2D eigenvalue weighted by Gasteiger charge is -2.20. The van der Waals surface area contributed by atoms with Gasteiger partial charge in [-0.3, -0.25) is 0 Å². The van der Waals surface area contributed by atoms with Crippen LogP contribution in [0.4, 0.5) is 0 Å². The van der Waals surface area contributed by atoms with Crippen LogP contribution in [-0.4, -0.2) is 0 Å². The second-order valence-corrected chi connectivity index (χ2v) is 15.9. The minimum atomic E-state index is 0.123. The van der Waals surface area contributed by atoms with Gasteiger partial charge in [-0.1, -0.05) is 175 Å². The van der Waals surface area contributed by atoms with Crippen LogP contribution >= 0.6 is 0 Å². The maximum absolute atomic E-state index is 2.43. The molecule has 0 fully saturated rings. The summed E-state index contributed by atoms with van der Waals surface area (Å²) in [5, 5.41) is 7.59. The largest absolute Gasteiger partial charge is 0.0622 e. The molecule has 50 heavy (non-hydrogen) atoms. The molecule has 0 aromatic heterocycles. The van der Waals surface area contributed by atoms with Gasteiger partial charge >= 0.3 is 0 Å². The van der Waals surface area contributed by atoms with Gasteiger partial charge in [-0.05, 0) is 123 Å². The maximum atomic E-state index is 2.43.